The number of carbonyl (C=O) groups is 1. The highest BCUT2D eigenvalue weighted by atomic mass is 16.1. The Morgan fingerprint density at radius 3 is 2.07 bits per heavy atom. The number of carbonyl (C=O) groups excluding carboxylic acids is 1. The SMILES string of the molecule is CCCC(CC)C(CCC)NC(C)=O. The fourth-order valence-corrected chi connectivity index (χ4v) is 2.06. The first kappa shape index (κ1) is 13.5. The van der Waals surface area contributed by atoms with Crippen LogP contribution in [0.25, 0.3) is 0 Å². The van der Waals surface area contributed by atoms with Gasteiger partial charge in [0.15, 0.2) is 0 Å². The van der Waals surface area contributed by atoms with Crippen molar-refractivity contribution in [3.05, 3.63) is 0 Å². The highest BCUT2D eigenvalue weighted by Crippen LogP contribution is 2.19. The monoisotopic (exact) mass is 199 g/mol. The van der Waals surface area contributed by atoms with Gasteiger partial charge in [0.05, 0.1) is 0 Å². The van der Waals surface area contributed by atoms with Gasteiger partial charge >= 0.3 is 0 Å². The summed E-state index contributed by atoms with van der Waals surface area (Å²) >= 11 is 0. The lowest BCUT2D eigenvalue weighted by molar-refractivity contribution is -0.120. The van der Waals surface area contributed by atoms with Crippen LogP contribution in [0.15, 0.2) is 0 Å². The van der Waals surface area contributed by atoms with Crippen molar-refractivity contribution in [1.82, 2.24) is 5.32 Å². The fraction of sp³-hybridized carbons (Fsp3) is 0.917. The molecule has 14 heavy (non-hydrogen) atoms. The zero-order chi connectivity index (χ0) is 11.0. The first-order valence-corrected chi connectivity index (χ1v) is 5.92. The molecule has 0 aliphatic carbocycles. The van der Waals surface area contributed by atoms with E-state index in [1.807, 2.05) is 0 Å². The molecule has 0 aromatic carbocycles. The van der Waals surface area contributed by atoms with Gasteiger partial charge in [0.2, 0.25) is 5.91 Å². The van der Waals surface area contributed by atoms with Crippen molar-refractivity contribution in [2.24, 2.45) is 5.92 Å². The van der Waals surface area contributed by atoms with Crippen molar-refractivity contribution in [3.63, 3.8) is 0 Å². The van der Waals surface area contributed by atoms with Crippen LogP contribution in [0.4, 0.5) is 0 Å². The predicted molar refractivity (Wildman–Crippen MR) is 61.2 cm³/mol. The van der Waals surface area contributed by atoms with Gasteiger partial charge in [-0.3, -0.25) is 4.79 Å². The molecular weight excluding hydrogens is 174 g/mol. The predicted octanol–water partition coefficient (Wildman–Crippen LogP) is 3.12. The lowest BCUT2D eigenvalue weighted by Crippen LogP contribution is -2.38. The van der Waals surface area contributed by atoms with Gasteiger partial charge < -0.3 is 5.32 Å². The molecule has 0 spiro atoms. The van der Waals surface area contributed by atoms with Crippen LogP contribution >= 0.6 is 0 Å². The van der Waals surface area contributed by atoms with Crippen LogP contribution in [0.5, 0.6) is 0 Å². The lowest BCUT2D eigenvalue weighted by atomic mass is 9.89. The molecule has 0 aliphatic rings. The minimum absolute atomic E-state index is 0.109. The first-order chi connectivity index (χ1) is 6.65. The Bertz CT molecular complexity index is 156. The Morgan fingerprint density at radius 1 is 1.14 bits per heavy atom. The first-order valence-electron chi connectivity index (χ1n) is 5.92. The molecule has 0 aliphatic heterocycles. The van der Waals surface area contributed by atoms with Crippen molar-refractivity contribution < 1.29 is 4.79 Å². The zero-order valence-corrected chi connectivity index (χ0v) is 10.1. The molecule has 1 amide bonds. The second kappa shape index (κ2) is 7.84. The highest BCUT2D eigenvalue weighted by molar-refractivity contribution is 5.73. The maximum Gasteiger partial charge on any atom is 0.217 e. The standard InChI is InChI=1S/C12H25NO/c1-5-8-11(7-3)12(9-6-2)13-10(4)14/h11-12H,5-9H2,1-4H3,(H,13,14). The van der Waals surface area contributed by atoms with Crippen molar-refractivity contribution >= 4 is 5.91 Å². The third kappa shape index (κ3) is 5.25. The quantitative estimate of drug-likeness (QED) is 0.670. The smallest absolute Gasteiger partial charge is 0.217 e. The van der Waals surface area contributed by atoms with Gasteiger partial charge in [-0.15, -0.1) is 0 Å². The summed E-state index contributed by atoms with van der Waals surface area (Å²) in [5, 5.41) is 3.08. The van der Waals surface area contributed by atoms with Gasteiger partial charge in [-0.25, -0.2) is 0 Å². The number of hydrogen-bond acceptors (Lipinski definition) is 1. The van der Waals surface area contributed by atoms with Crippen LogP contribution in [0.2, 0.25) is 0 Å². The van der Waals surface area contributed by atoms with E-state index in [1.54, 1.807) is 6.92 Å². The molecule has 2 nitrogen and oxygen atoms in total. The Labute approximate surface area is 88.5 Å². The summed E-state index contributed by atoms with van der Waals surface area (Å²) in [4.78, 5) is 11.0. The van der Waals surface area contributed by atoms with E-state index in [0.717, 1.165) is 12.8 Å². The van der Waals surface area contributed by atoms with Gasteiger partial charge in [-0.05, 0) is 18.8 Å². The van der Waals surface area contributed by atoms with E-state index in [1.165, 1.54) is 19.3 Å². The van der Waals surface area contributed by atoms with Gasteiger partial charge in [0.1, 0.15) is 0 Å². The molecule has 0 saturated carbocycles. The van der Waals surface area contributed by atoms with Crippen molar-refractivity contribution in [3.8, 4) is 0 Å². The molecule has 0 rings (SSSR count). The topological polar surface area (TPSA) is 29.1 Å². The summed E-state index contributed by atoms with van der Waals surface area (Å²) in [6.07, 6.45) is 5.85. The highest BCUT2D eigenvalue weighted by Gasteiger charge is 2.18. The molecule has 0 bridgehead atoms. The van der Waals surface area contributed by atoms with Crippen LogP contribution < -0.4 is 5.32 Å². The number of hydrogen-bond donors (Lipinski definition) is 1. The maximum atomic E-state index is 11.0. The molecule has 0 heterocycles. The van der Waals surface area contributed by atoms with Crippen LogP contribution in [-0.4, -0.2) is 11.9 Å². The summed E-state index contributed by atoms with van der Waals surface area (Å²) in [6, 6.07) is 0.391. The second-order valence-electron chi connectivity index (χ2n) is 4.05. The average molecular weight is 199 g/mol. The normalized spacial score (nSPS) is 14.9. The van der Waals surface area contributed by atoms with Crippen LogP contribution in [0, 0.1) is 5.92 Å². The minimum atomic E-state index is 0.109. The Hall–Kier alpha value is -0.530. The molecule has 0 saturated heterocycles. The largest absolute Gasteiger partial charge is 0.353 e. The van der Waals surface area contributed by atoms with E-state index in [4.69, 9.17) is 0 Å². The van der Waals surface area contributed by atoms with Crippen LogP contribution in [0.1, 0.15) is 59.8 Å². The van der Waals surface area contributed by atoms with E-state index in [0.29, 0.717) is 12.0 Å². The van der Waals surface area contributed by atoms with E-state index in [2.05, 4.69) is 26.1 Å². The molecule has 0 aromatic rings. The molecule has 1 N–H and O–H groups in total. The zero-order valence-electron chi connectivity index (χ0n) is 10.1. The molecule has 2 heteroatoms. The third-order valence-electron chi connectivity index (χ3n) is 2.74. The minimum Gasteiger partial charge on any atom is -0.353 e. The molecule has 2 atom stereocenters. The van der Waals surface area contributed by atoms with E-state index in [9.17, 15) is 4.79 Å². The van der Waals surface area contributed by atoms with Crippen molar-refractivity contribution in [2.45, 2.75) is 65.8 Å². The van der Waals surface area contributed by atoms with Crippen molar-refractivity contribution in [2.75, 3.05) is 0 Å². The molecule has 2 unspecified atom stereocenters. The van der Waals surface area contributed by atoms with E-state index < -0.39 is 0 Å². The summed E-state index contributed by atoms with van der Waals surface area (Å²) in [7, 11) is 0. The van der Waals surface area contributed by atoms with Gasteiger partial charge in [0, 0.05) is 13.0 Å². The Balaban J connectivity index is 4.18. The van der Waals surface area contributed by atoms with E-state index in [-0.39, 0.29) is 5.91 Å². The summed E-state index contributed by atoms with van der Waals surface area (Å²) in [5.74, 6) is 0.766. The third-order valence-corrected chi connectivity index (χ3v) is 2.74. The molecule has 84 valence electrons. The molecule has 0 aromatic heterocycles. The molecule has 0 radical (unpaired) electrons. The second-order valence-corrected chi connectivity index (χ2v) is 4.05. The number of amides is 1. The fourth-order valence-electron chi connectivity index (χ4n) is 2.06. The van der Waals surface area contributed by atoms with E-state index >= 15 is 0 Å². The summed E-state index contributed by atoms with van der Waals surface area (Å²) in [6.45, 7) is 8.21. The number of rotatable bonds is 7. The van der Waals surface area contributed by atoms with Crippen LogP contribution in [0.3, 0.4) is 0 Å². The molecular formula is C12H25NO. The van der Waals surface area contributed by atoms with Crippen molar-refractivity contribution in [1.29, 1.82) is 0 Å². The average Bonchev–Trinajstić information content (AvgIpc) is 2.13. The maximum absolute atomic E-state index is 11.0. The van der Waals surface area contributed by atoms with Crippen LogP contribution in [-0.2, 0) is 4.79 Å². The molecule has 0 fully saturated rings. The van der Waals surface area contributed by atoms with Gasteiger partial charge in [0.25, 0.3) is 0 Å². The summed E-state index contributed by atoms with van der Waals surface area (Å²) in [5.41, 5.74) is 0. The lowest BCUT2D eigenvalue weighted by Gasteiger charge is -2.26. The summed E-state index contributed by atoms with van der Waals surface area (Å²) < 4.78 is 0. The van der Waals surface area contributed by atoms with Gasteiger partial charge in [-0.1, -0.05) is 40.0 Å². The Kier molecular flexibility index (Phi) is 7.54. The number of nitrogens with one attached hydrogen (secondary N) is 1. The van der Waals surface area contributed by atoms with Gasteiger partial charge in [-0.2, -0.15) is 0 Å². The Morgan fingerprint density at radius 2 is 1.71 bits per heavy atom.